The van der Waals surface area contributed by atoms with E-state index in [0.29, 0.717) is 54.4 Å². The first-order valence-corrected chi connectivity index (χ1v) is 9.36. The van der Waals surface area contributed by atoms with Crippen molar-refractivity contribution in [2.75, 3.05) is 5.73 Å². The van der Waals surface area contributed by atoms with E-state index >= 15 is 0 Å². The number of aromatic amines is 2. The molecule has 0 bridgehead atoms. The van der Waals surface area contributed by atoms with Gasteiger partial charge in [0.15, 0.2) is 11.5 Å². The smallest absolute Gasteiger partial charge is 0.332 e. The van der Waals surface area contributed by atoms with Crippen molar-refractivity contribution < 1.29 is 0 Å². The number of aryl methyl sites for hydroxylation is 2. The maximum Gasteiger partial charge on any atom is 0.332 e. The lowest BCUT2D eigenvalue weighted by atomic mass is 10.1. The topological polar surface area (TPSA) is 153 Å². The standard InChI is InChI=1S/C18H21N9O2/c1-2-8-27-17(28)15-16(21-13(20-15)10-14-22-24-25-23-14)26(18(27)29)9-7-11-5-3-4-6-12(11)19/h3-6H,2,7-10,19H2,1H3,(H,20,21)(H,22,23,24,25). The van der Waals surface area contributed by atoms with Crippen LogP contribution in [0.15, 0.2) is 33.9 Å². The van der Waals surface area contributed by atoms with E-state index in [1.165, 1.54) is 9.13 Å². The van der Waals surface area contributed by atoms with E-state index in [2.05, 4.69) is 30.6 Å². The Morgan fingerprint density at radius 1 is 1.10 bits per heavy atom. The Balaban J connectivity index is 1.79. The lowest BCUT2D eigenvalue weighted by Crippen LogP contribution is -2.40. The molecule has 0 aliphatic heterocycles. The van der Waals surface area contributed by atoms with Gasteiger partial charge in [0.25, 0.3) is 5.56 Å². The summed E-state index contributed by atoms with van der Waals surface area (Å²) in [4.78, 5) is 33.4. The molecular weight excluding hydrogens is 374 g/mol. The second kappa shape index (κ2) is 7.70. The third-order valence-electron chi connectivity index (χ3n) is 4.74. The van der Waals surface area contributed by atoms with Gasteiger partial charge in [-0.25, -0.2) is 14.9 Å². The van der Waals surface area contributed by atoms with Crippen molar-refractivity contribution in [3.63, 3.8) is 0 Å². The molecule has 3 aromatic heterocycles. The molecule has 0 spiro atoms. The van der Waals surface area contributed by atoms with Crippen LogP contribution in [0.5, 0.6) is 0 Å². The predicted octanol–water partition coefficient (Wildman–Crippen LogP) is 0.225. The number of hydrogen-bond donors (Lipinski definition) is 3. The molecular formula is C18H21N9O2. The normalized spacial score (nSPS) is 11.3. The summed E-state index contributed by atoms with van der Waals surface area (Å²) in [6.07, 6.45) is 1.49. The summed E-state index contributed by atoms with van der Waals surface area (Å²) in [7, 11) is 0. The number of para-hydroxylation sites is 1. The van der Waals surface area contributed by atoms with E-state index in [1.807, 2.05) is 31.2 Å². The zero-order valence-corrected chi connectivity index (χ0v) is 15.9. The largest absolute Gasteiger partial charge is 0.399 e. The van der Waals surface area contributed by atoms with Crippen LogP contribution < -0.4 is 17.0 Å². The Kier molecular flexibility index (Phi) is 4.94. The first kappa shape index (κ1) is 18.6. The van der Waals surface area contributed by atoms with Gasteiger partial charge in [-0.05, 0) is 34.9 Å². The Bertz CT molecular complexity index is 1250. The molecule has 0 unspecified atom stereocenters. The van der Waals surface area contributed by atoms with Gasteiger partial charge in [-0.1, -0.05) is 25.1 Å². The molecule has 3 heterocycles. The van der Waals surface area contributed by atoms with Crippen LogP contribution in [0.4, 0.5) is 5.69 Å². The third kappa shape index (κ3) is 3.53. The molecule has 0 amide bonds. The van der Waals surface area contributed by atoms with Crippen LogP contribution in [0.2, 0.25) is 0 Å². The number of hydrogen-bond acceptors (Lipinski definition) is 7. The van der Waals surface area contributed by atoms with Crippen LogP contribution in [0.1, 0.15) is 30.6 Å². The number of anilines is 1. The minimum absolute atomic E-state index is 0.286. The van der Waals surface area contributed by atoms with Crippen LogP contribution in [0.3, 0.4) is 0 Å². The monoisotopic (exact) mass is 395 g/mol. The molecule has 1 aromatic carbocycles. The van der Waals surface area contributed by atoms with Gasteiger partial charge >= 0.3 is 5.69 Å². The fourth-order valence-electron chi connectivity index (χ4n) is 3.33. The van der Waals surface area contributed by atoms with Crippen molar-refractivity contribution in [2.45, 2.75) is 39.3 Å². The first-order chi connectivity index (χ1) is 14.1. The fourth-order valence-corrected chi connectivity index (χ4v) is 3.33. The van der Waals surface area contributed by atoms with E-state index in [-0.39, 0.29) is 17.7 Å². The molecule has 4 N–H and O–H groups in total. The number of nitrogens with zero attached hydrogens (tertiary/aromatic N) is 6. The van der Waals surface area contributed by atoms with Crippen LogP contribution in [-0.4, -0.2) is 39.7 Å². The molecule has 29 heavy (non-hydrogen) atoms. The highest BCUT2D eigenvalue weighted by Gasteiger charge is 2.18. The summed E-state index contributed by atoms with van der Waals surface area (Å²) in [6.45, 7) is 2.60. The molecule has 0 saturated carbocycles. The number of fused-ring (bicyclic) bond motifs is 1. The first-order valence-electron chi connectivity index (χ1n) is 9.36. The molecule has 11 heteroatoms. The number of nitrogens with one attached hydrogen (secondary N) is 2. The highest BCUT2D eigenvalue weighted by atomic mass is 16.2. The second-order valence-electron chi connectivity index (χ2n) is 6.75. The molecule has 0 fully saturated rings. The Labute approximate surface area is 164 Å². The summed E-state index contributed by atoms with van der Waals surface area (Å²) in [5.41, 5.74) is 7.49. The zero-order valence-electron chi connectivity index (χ0n) is 15.9. The van der Waals surface area contributed by atoms with Crippen molar-refractivity contribution in [3.05, 3.63) is 62.3 Å². The number of nitrogens with two attached hydrogens (primary N) is 1. The van der Waals surface area contributed by atoms with E-state index in [4.69, 9.17) is 5.73 Å². The molecule has 0 radical (unpaired) electrons. The maximum atomic E-state index is 13.0. The van der Waals surface area contributed by atoms with Crippen molar-refractivity contribution in [1.29, 1.82) is 0 Å². The number of tetrazole rings is 1. The minimum Gasteiger partial charge on any atom is -0.399 e. The van der Waals surface area contributed by atoms with E-state index in [9.17, 15) is 9.59 Å². The van der Waals surface area contributed by atoms with Crippen LogP contribution in [0, 0.1) is 0 Å². The lowest BCUT2D eigenvalue weighted by molar-refractivity contribution is 0.560. The van der Waals surface area contributed by atoms with Crippen molar-refractivity contribution in [1.82, 2.24) is 39.7 Å². The van der Waals surface area contributed by atoms with Crippen molar-refractivity contribution in [2.24, 2.45) is 0 Å². The second-order valence-corrected chi connectivity index (χ2v) is 6.75. The van der Waals surface area contributed by atoms with Gasteiger partial charge < -0.3 is 10.7 Å². The number of benzene rings is 1. The average molecular weight is 395 g/mol. The van der Waals surface area contributed by atoms with Crippen molar-refractivity contribution >= 4 is 16.9 Å². The summed E-state index contributed by atoms with van der Waals surface area (Å²) in [5, 5.41) is 13.6. The maximum absolute atomic E-state index is 13.0. The van der Waals surface area contributed by atoms with Gasteiger partial charge in [0.2, 0.25) is 0 Å². The molecule has 4 rings (SSSR count). The van der Waals surface area contributed by atoms with Crippen molar-refractivity contribution in [3.8, 4) is 0 Å². The summed E-state index contributed by atoms with van der Waals surface area (Å²) >= 11 is 0. The molecule has 0 aliphatic rings. The van der Waals surface area contributed by atoms with Gasteiger partial charge in [-0.3, -0.25) is 13.9 Å². The van der Waals surface area contributed by atoms with E-state index < -0.39 is 0 Å². The van der Waals surface area contributed by atoms with Crippen LogP contribution in [-0.2, 0) is 25.9 Å². The zero-order chi connectivity index (χ0) is 20.4. The van der Waals surface area contributed by atoms with E-state index in [1.54, 1.807) is 0 Å². The van der Waals surface area contributed by atoms with Crippen LogP contribution >= 0.6 is 0 Å². The SMILES string of the molecule is CCCn1c(=O)c2[nH]c(Cc3nnn[nH]3)nc2n(CCc2ccccc2N)c1=O. The summed E-state index contributed by atoms with van der Waals surface area (Å²) < 4.78 is 2.77. The minimum atomic E-state index is -0.378. The Morgan fingerprint density at radius 2 is 1.93 bits per heavy atom. The quantitative estimate of drug-likeness (QED) is 0.378. The molecule has 4 aromatic rings. The number of imidazole rings is 1. The van der Waals surface area contributed by atoms with E-state index in [0.717, 1.165) is 5.56 Å². The highest BCUT2D eigenvalue weighted by Crippen LogP contribution is 2.13. The molecule has 150 valence electrons. The number of H-pyrrole nitrogens is 2. The predicted molar refractivity (Wildman–Crippen MR) is 106 cm³/mol. The highest BCUT2D eigenvalue weighted by molar-refractivity contribution is 5.70. The summed E-state index contributed by atoms with van der Waals surface area (Å²) in [5.74, 6) is 1.00. The Hall–Kier alpha value is -3.76. The number of aromatic nitrogens is 8. The summed E-state index contributed by atoms with van der Waals surface area (Å²) in [6, 6.07) is 7.51. The molecule has 0 atom stereocenters. The van der Waals surface area contributed by atoms with Crippen LogP contribution in [0.25, 0.3) is 11.2 Å². The van der Waals surface area contributed by atoms with Gasteiger partial charge in [0.05, 0.1) is 6.42 Å². The fraction of sp³-hybridized carbons (Fsp3) is 0.333. The molecule has 11 nitrogen and oxygen atoms in total. The third-order valence-corrected chi connectivity index (χ3v) is 4.74. The Morgan fingerprint density at radius 3 is 2.66 bits per heavy atom. The van der Waals surface area contributed by atoms with Gasteiger partial charge in [0.1, 0.15) is 11.3 Å². The molecule has 0 aliphatic carbocycles. The molecule has 0 saturated heterocycles. The lowest BCUT2D eigenvalue weighted by Gasteiger charge is -2.11. The van der Waals surface area contributed by atoms with Gasteiger partial charge in [0, 0.05) is 18.8 Å². The number of nitrogen functional groups attached to an aromatic ring is 1. The van der Waals surface area contributed by atoms with Gasteiger partial charge in [-0.2, -0.15) is 0 Å². The number of rotatable bonds is 7. The average Bonchev–Trinajstić information content (AvgIpc) is 3.37. The van der Waals surface area contributed by atoms with Gasteiger partial charge in [-0.15, -0.1) is 5.10 Å².